The number of anilines is 2. The first-order valence-corrected chi connectivity index (χ1v) is 17.8. The summed E-state index contributed by atoms with van der Waals surface area (Å²) in [6.07, 6.45) is 9.05. The molecule has 1 aromatic heterocycles. The third-order valence-electron chi connectivity index (χ3n) is 11.1. The zero-order chi connectivity index (χ0) is 33.9. The van der Waals surface area contributed by atoms with Gasteiger partial charge in [-0.15, -0.1) is 0 Å². The van der Waals surface area contributed by atoms with E-state index in [1.54, 1.807) is 0 Å². The summed E-state index contributed by atoms with van der Waals surface area (Å²) in [6.45, 7) is 2.35. The minimum absolute atomic E-state index is 0.117. The zero-order valence-corrected chi connectivity index (χ0v) is 28.4. The summed E-state index contributed by atoms with van der Waals surface area (Å²) < 4.78 is 2.36. The summed E-state index contributed by atoms with van der Waals surface area (Å²) in [5.74, 6) is 0.345. The Morgan fingerprint density at radius 3 is 1.39 bits per heavy atom. The van der Waals surface area contributed by atoms with Crippen LogP contribution < -0.4 is 4.90 Å². The molecule has 0 saturated heterocycles. The Kier molecular flexibility index (Phi) is 6.72. The Hall–Kier alpha value is -6.38. The lowest BCUT2D eigenvalue weighted by Crippen LogP contribution is -2.41. The van der Waals surface area contributed by atoms with Gasteiger partial charge in [0.2, 0.25) is 0 Å². The van der Waals surface area contributed by atoms with E-state index in [4.69, 9.17) is 0 Å². The second-order valence-corrected chi connectivity index (χ2v) is 14.0. The van der Waals surface area contributed by atoms with Crippen molar-refractivity contribution in [3.05, 3.63) is 200 Å². The first kappa shape index (κ1) is 29.5. The molecule has 0 bridgehead atoms. The molecule has 2 heterocycles. The summed E-state index contributed by atoms with van der Waals surface area (Å²) in [4.78, 5) is 2.50. The molecule has 1 aliphatic carbocycles. The van der Waals surface area contributed by atoms with Gasteiger partial charge in [0.15, 0.2) is 0 Å². The molecule has 2 atom stereocenters. The van der Waals surface area contributed by atoms with Crippen LogP contribution in [-0.2, 0) is 0 Å². The Balaban J connectivity index is 0.877. The fraction of sp³-hybridized carbons (Fsp3) is 0.0612. The first-order chi connectivity index (χ1) is 25.2. The van der Waals surface area contributed by atoms with E-state index in [9.17, 15) is 0 Å². The van der Waals surface area contributed by atoms with Gasteiger partial charge in [-0.2, -0.15) is 0 Å². The van der Waals surface area contributed by atoms with Crippen LogP contribution >= 0.6 is 0 Å². The van der Waals surface area contributed by atoms with Crippen molar-refractivity contribution in [1.29, 1.82) is 0 Å². The van der Waals surface area contributed by atoms with Crippen LogP contribution in [-0.4, -0.2) is 10.1 Å². The summed E-state index contributed by atoms with van der Waals surface area (Å²) in [5.41, 5.74) is 14.7. The Morgan fingerprint density at radius 1 is 0.431 bits per heavy atom. The van der Waals surface area contributed by atoms with E-state index in [2.05, 4.69) is 211 Å². The number of benzene rings is 7. The highest BCUT2D eigenvalue weighted by atomic mass is 15.2. The predicted molar refractivity (Wildman–Crippen MR) is 215 cm³/mol. The van der Waals surface area contributed by atoms with Gasteiger partial charge in [-0.3, -0.25) is 0 Å². The predicted octanol–water partition coefficient (Wildman–Crippen LogP) is 12.9. The third-order valence-corrected chi connectivity index (χ3v) is 11.1. The molecular weight excluding hydrogens is 617 g/mol. The van der Waals surface area contributed by atoms with E-state index in [1.807, 2.05) is 0 Å². The average molecular weight is 653 g/mol. The molecule has 242 valence electrons. The second-order valence-electron chi connectivity index (χ2n) is 14.0. The van der Waals surface area contributed by atoms with Crippen molar-refractivity contribution in [3.8, 4) is 39.1 Å². The van der Waals surface area contributed by atoms with Crippen LogP contribution in [0.2, 0.25) is 0 Å². The molecule has 0 spiro atoms. The fourth-order valence-corrected chi connectivity index (χ4v) is 8.50. The third kappa shape index (κ3) is 4.71. The van der Waals surface area contributed by atoms with Crippen molar-refractivity contribution < 1.29 is 0 Å². The number of hydrogen-bond acceptors (Lipinski definition) is 1. The second kappa shape index (κ2) is 11.6. The highest BCUT2D eigenvalue weighted by Gasteiger charge is 2.46. The van der Waals surface area contributed by atoms with Crippen molar-refractivity contribution in [2.75, 3.05) is 4.90 Å². The van der Waals surface area contributed by atoms with E-state index in [1.165, 1.54) is 77.8 Å². The fourth-order valence-electron chi connectivity index (χ4n) is 8.50. The summed E-state index contributed by atoms with van der Waals surface area (Å²) in [6, 6.07) is 62.0. The maximum atomic E-state index is 2.50. The highest BCUT2D eigenvalue weighted by molar-refractivity contribution is 6.09. The molecule has 2 heteroatoms. The van der Waals surface area contributed by atoms with Crippen LogP contribution in [0.3, 0.4) is 0 Å². The van der Waals surface area contributed by atoms with E-state index < -0.39 is 0 Å². The van der Waals surface area contributed by atoms with Crippen LogP contribution in [0.1, 0.15) is 18.4 Å². The first-order valence-electron chi connectivity index (χ1n) is 17.8. The molecule has 2 unspecified atom stereocenters. The minimum atomic E-state index is -0.117. The van der Waals surface area contributed by atoms with Crippen molar-refractivity contribution in [1.82, 2.24) is 4.57 Å². The van der Waals surface area contributed by atoms with Gasteiger partial charge >= 0.3 is 0 Å². The van der Waals surface area contributed by atoms with Crippen LogP contribution in [0.4, 0.5) is 11.4 Å². The molecule has 2 aliphatic rings. The van der Waals surface area contributed by atoms with E-state index in [0.29, 0.717) is 5.92 Å². The molecule has 0 N–H and O–H groups in total. The van der Waals surface area contributed by atoms with E-state index in [-0.39, 0.29) is 5.54 Å². The van der Waals surface area contributed by atoms with Crippen molar-refractivity contribution in [2.24, 2.45) is 0 Å². The van der Waals surface area contributed by atoms with Gasteiger partial charge in [0.1, 0.15) is 0 Å². The smallest absolute Gasteiger partial charge is 0.0712 e. The summed E-state index contributed by atoms with van der Waals surface area (Å²) >= 11 is 0. The van der Waals surface area contributed by atoms with Crippen LogP contribution in [0.25, 0.3) is 60.9 Å². The largest absolute Gasteiger partial charge is 0.331 e. The molecule has 0 amide bonds. The van der Waals surface area contributed by atoms with Crippen molar-refractivity contribution in [3.63, 3.8) is 0 Å². The van der Waals surface area contributed by atoms with Gasteiger partial charge in [-0.05, 0) is 88.3 Å². The van der Waals surface area contributed by atoms with Gasteiger partial charge < -0.3 is 9.47 Å². The van der Waals surface area contributed by atoms with E-state index in [0.717, 1.165) is 0 Å². The number of allylic oxidation sites excluding steroid dienone is 2. The molecule has 0 saturated carbocycles. The number of rotatable bonds is 5. The monoisotopic (exact) mass is 652 g/mol. The lowest BCUT2D eigenvalue weighted by molar-refractivity contribution is 0.542. The van der Waals surface area contributed by atoms with Crippen molar-refractivity contribution >= 4 is 33.2 Å². The SMILES string of the molecule is CC12C=CC=CC1c1ccccc1N2c1ccc(-c2ccc(-c3ccc(-c4ccc(-n5c6ccccc6c6ccccc65)cc4)cc3)cc2)cc1. The van der Waals surface area contributed by atoms with Crippen molar-refractivity contribution in [2.45, 2.75) is 18.4 Å². The number of aromatic nitrogens is 1. The normalized spacial score (nSPS) is 17.6. The number of fused-ring (bicyclic) bond motifs is 6. The molecule has 8 aromatic rings. The van der Waals surface area contributed by atoms with Gasteiger partial charge in [-0.25, -0.2) is 0 Å². The molecule has 2 nitrogen and oxygen atoms in total. The summed E-state index contributed by atoms with van der Waals surface area (Å²) in [5, 5.41) is 2.57. The topological polar surface area (TPSA) is 8.17 Å². The molecule has 0 radical (unpaired) electrons. The molecule has 1 aliphatic heterocycles. The number of nitrogens with zero attached hydrogens (tertiary/aromatic N) is 2. The maximum Gasteiger partial charge on any atom is 0.0712 e. The molecule has 51 heavy (non-hydrogen) atoms. The maximum absolute atomic E-state index is 2.50. The number of hydrogen-bond donors (Lipinski definition) is 0. The lowest BCUT2D eigenvalue weighted by atomic mass is 9.80. The molecule has 7 aromatic carbocycles. The minimum Gasteiger partial charge on any atom is -0.331 e. The van der Waals surface area contributed by atoms with E-state index >= 15 is 0 Å². The van der Waals surface area contributed by atoms with Gasteiger partial charge in [0.05, 0.1) is 16.6 Å². The zero-order valence-electron chi connectivity index (χ0n) is 28.4. The van der Waals surface area contributed by atoms with Crippen LogP contribution in [0.5, 0.6) is 0 Å². The quantitative estimate of drug-likeness (QED) is 0.180. The Bertz CT molecular complexity index is 2570. The average Bonchev–Trinajstić information content (AvgIpc) is 3.67. The molecule has 10 rings (SSSR count). The Morgan fingerprint density at radius 2 is 0.863 bits per heavy atom. The van der Waals surface area contributed by atoms with Gasteiger partial charge in [0.25, 0.3) is 0 Å². The standard InChI is InChI=1S/C49H36N2/c1-49-33-9-8-13-45(49)44-12-4-7-16-48(44)51(49)41-31-27-39(28-32-41)37-23-19-35(20-24-37)34-17-21-36(22-18-34)38-25-29-40(30-26-38)50-46-14-5-2-10-42(46)43-11-3-6-15-47(43)50/h2-33,45H,1H3. The lowest BCUT2D eigenvalue weighted by Gasteiger charge is -2.39. The molecule has 0 fully saturated rings. The molecular formula is C49H36N2. The Labute approximate surface area is 298 Å². The van der Waals surface area contributed by atoms with Gasteiger partial charge in [-0.1, -0.05) is 152 Å². The van der Waals surface area contributed by atoms with Crippen LogP contribution in [0, 0.1) is 0 Å². The number of para-hydroxylation sites is 3. The highest BCUT2D eigenvalue weighted by Crippen LogP contribution is 2.53. The summed E-state index contributed by atoms with van der Waals surface area (Å²) in [7, 11) is 0. The van der Waals surface area contributed by atoms with Gasteiger partial charge in [0, 0.05) is 33.8 Å². The van der Waals surface area contributed by atoms with Crippen LogP contribution in [0.15, 0.2) is 194 Å².